The molecular weight excluding hydrogens is 230 g/mol. The summed E-state index contributed by atoms with van der Waals surface area (Å²) < 4.78 is 0. The SMILES string of the molecule is NC(=S)/C=C(/N)Nc1cccc2ccccc12. The molecular formula is C13H13N3S. The molecule has 2 rings (SSSR count). The first-order valence-electron chi connectivity index (χ1n) is 5.18. The van der Waals surface area contributed by atoms with Gasteiger partial charge >= 0.3 is 0 Å². The van der Waals surface area contributed by atoms with Gasteiger partial charge in [-0.25, -0.2) is 0 Å². The fraction of sp³-hybridized carbons (Fsp3) is 0. The first-order chi connectivity index (χ1) is 8.16. The molecule has 0 saturated carbocycles. The summed E-state index contributed by atoms with van der Waals surface area (Å²) in [6, 6.07) is 14.1. The Labute approximate surface area is 105 Å². The van der Waals surface area contributed by atoms with Crippen LogP contribution in [-0.2, 0) is 0 Å². The molecule has 0 amide bonds. The predicted octanol–water partition coefficient (Wildman–Crippen LogP) is 2.34. The Morgan fingerprint density at radius 3 is 2.53 bits per heavy atom. The minimum absolute atomic E-state index is 0.259. The van der Waals surface area contributed by atoms with Crippen LogP contribution in [0.25, 0.3) is 10.8 Å². The van der Waals surface area contributed by atoms with Gasteiger partial charge in [0, 0.05) is 17.1 Å². The van der Waals surface area contributed by atoms with Gasteiger partial charge in [-0.2, -0.15) is 0 Å². The lowest BCUT2D eigenvalue weighted by atomic mass is 10.1. The van der Waals surface area contributed by atoms with Crippen LogP contribution in [0, 0.1) is 0 Å². The Morgan fingerprint density at radius 1 is 1.06 bits per heavy atom. The van der Waals surface area contributed by atoms with Crippen LogP contribution < -0.4 is 16.8 Å². The summed E-state index contributed by atoms with van der Waals surface area (Å²) in [4.78, 5) is 0.259. The molecule has 5 N–H and O–H groups in total. The fourth-order valence-corrected chi connectivity index (χ4v) is 1.81. The van der Waals surface area contributed by atoms with Crippen molar-refractivity contribution in [2.75, 3.05) is 5.32 Å². The third-order valence-corrected chi connectivity index (χ3v) is 2.48. The molecule has 0 aromatic heterocycles. The second kappa shape index (κ2) is 4.84. The van der Waals surface area contributed by atoms with Crippen LogP contribution in [0.4, 0.5) is 5.69 Å². The molecule has 0 aliphatic rings. The maximum atomic E-state index is 5.78. The van der Waals surface area contributed by atoms with Gasteiger partial charge in [-0.1, -0.05) is 48.6 Å². The van der Waals surface area contributed by atoms with Crippen molar-refractivity contribution in [3.63, 3.8) is 0 Å². The van der Waals surface area contributed by atoms with Crippen LogP contribution in [0.15, 0.2) is 54.4 Å². The minimum Gasteiger partial charge on any atom is -0.390 e. The molecule has 0 aliphatic carbocycles. The normalized spacial score (nSPS) is 11.4. The van der Waals surface area contributed by atoms with Crippen LogP contribution >= 0.6 is 12.2 Å². The summed E-state index contributed by atoms with van der Waals surface area (Å²) in [5.74, 6) is 0.439. The van der Waals surface area contributed by atoms with Crippen molar-refractivity contribution in [2.45, 2.75) is 0 Å². The van der Waals surface area contributed by atoms with Crippen LogP contribution in [0.3, 0.4) is 0 Å². The van der Waals surface area contributed by atoms with Gasteiger partial charge in [0.15, 0.2) is 0 Å². The van der Waals surface area contributed by atoms with Crippen LogP contribution in [0.1, 0.15) is 0 Å². The van der Waals surface area contributed by atoms with Crippen molar-refractivity contribution in [1.82, 2.24) is 0 Å². The number of anilines is 1. The maximum Gasteiger partial charge on any atom is 0.103 e. The number of rotatable bonds is 3. The van der Waals surface area contributed by atoms with Gasteiger partial charge in [0.1, 0.15) is 5.82 Å². The molecule has 86 valence electrons. The second-order valence-corrected chi connectivity index (χ2v) is 4.13. The summed E-state index contributed by atoms with van der Waals surface area (Å²) >= 11 is 4.77. The van der Waals surface area contributed by atoms with E-state index < -0.39 is 0 Å². The third kappa shape index (κ3) is 2.73. The zero-order chi connectivity index (χ0) is 12.3. The molecule has 0 radical (unpaired) electrons. The number of fused-ring (bicyclic) bond motifs is 1. The lowest BCUT2D eigenvalue weighted by molar-refractivity contribution is 1.32. The Morgan fingerprint density at radius 2 is 1.76 bits per heavy atom. The zero-order valence-corrected chi connectivity index (χ0v) is 10.00. The molecule has 0 saturated heterocycles. The summed E-state index contributed by atoms with van der Waals surface area (Å²) in [5.41, 5.74) is 12.1. The van der Waals surface area contributed by atoms with Gasteiger partial charge in [0.2, 0.25) is 0 Å². The molecule has 0 atom stereocenters. The molecule has 4 heteroatoms. The van der Waals surface area contributed by atoms with Gasteiger partial charge in [-0.05, 0) is 11.5 Å². The number of nitrogens with one attached hydrogen (secondary N) is 1. The van der Waals surface area contributed by atoms with E-state index in [1.807, 2.05) is 42.5 Å². The topological polar surface area (TPSA) is 64.1 Å². The quantitative estimate of drug-likeness (QED) is 0.572. The van der Waals surface area contributed by atoms with E-state index in [9.17, 15) is 0 Å². The number of benzene rings is 2. The fourth-order valence-electron chi connectivity index (χ4n) is 1.68. The number of thiocarbonyl (C=S) groups is 1. The highest BCUT2D eigenvalue weighted by atomic mass is 32.1. The average Bonchev–Trinajstić information content (AvgIpc) is 2.28. The van der Waals surface area contributed by atoms with E-state index in [2.05, 4.69) is 5.32 Å². The first-order valence-corrected chi connectivity index (χ1v) is 5.59. The van der Waals surface area contributed by atoms with Gasteiger partial charge in [-0.3, -0.25) is 0 Å². The zero-order valence-electron chi connectivity index (χ0n) is 9.18. The van der Waals surface area contributed by atoms with E-state index in [1.54, 1.807) is 0 Å². The Balaban J connectivity index is 2.39. The highest BCUT2D eigenvalue weighted by molar-refractivity contribution is 7.80. The molecule has 0 aliphatic heterocycles. The van der Waals surface area contributed by atoms with Crippen molar-refractivity contribution < 1.29 is 0 Å². The summed E-state index contributed by atoms with van der Waals surface area (Å²) in [6.07, 6.45) is 1.52. The lowest BCUT2D eigenvalue weighted by Crippen LogP contribution is -2.14. The molecule has 0 spiro atoms. The summed E-state index contributed by atoms with van der Waals surface area (Å²) in [7, 11) is 0. The van der Waals surface area contributed by atoms with Crippen LogP contribution in [0.2, 0.25) is 0 Å². The van der Waals surface area contributed by atoms with Crippen LogP contribution in [-0.4, -0.2) is 4.99 Å². The Hall–Kier alpha value is -2.07. The van der Waals surface area contributed by atoms with E-state index in [0.717, 1.165) is 16.5 Å². The summed E-state index contributed by atoms with van der Waals surface area (Å²) in [5, 5.41) is 5.35. The van der Waals surface area contributed by atoms with Gasteiger partial charge in [0.05, 0.1) is 4.99 Å². The molecule has 0 fully saturated rings. The molecule has 17 heavy (non-hydrogen) atoms. The van der Waals surface area contributed by atoms with Crippen LogP contribution in [0.5, 0.6) is 0 Å². The second-order valence-electron chi connectivity index (χ2n) is 3.65. The van der Waals surface area contributed by atoms with Crippen molar-refractivity contribution in [1.29, 1.82) is 0 Å². The van der Waals surface area contributed by atoms with Crippen molar-refractivity contribution in [3.8, 4) is 0 Å². The van der Waals surface area contributed by atoms with Crippen molar-refractivity contribution in [2.24, 2.45) is 11.5 Å². The lowest BCUT2D eigenvalue weighted by Gasteiger charge is -2.09. The maximum absolute atomic E-state index is 5.78. The molecule has 2 aromatic carbocycles. The van der Waals surface area contributed by atoms with E-state index in [0.29, 0.717) is 5.82 Å². The third-order valence-electron chi connectivity index (χ3n) is 2.37. The van der Waals surface area contributed by atoms with E-state index in [1.165, 1.54) is 6.08 Å². The molecule has 2 aromatic rings. The number of hydrogen-bond acceptors (Lipinski definition) is 3. The van der Waals surface area contributed by atoms with Gasteiger partial charge in [0.25, 0.3) is 0 Å². The Kier molecular flexibility index (Phi) is 3.25. The predicted molar refractivity (Wildman–Crippen MR) is 76.6 cm³/mol. The average molecular weight is 243 g/mol. The monoisotopic (exact) mass is 243 g/mol. The highest BCUT2D eigenvalue weighted by Crippen LogP contribution is 2.23. The largest absolute Gasteiger partial charge is 0.390 e. The van der Waals surface area contributed by atoms with E-state index in [4.69, 9.17) is 23.7 Å². The molecule has 0 bridgehead atoms. The first kappa shape index (κ1) is 11.4. The van der Waals surface area contributed by atoms with Gasteiger partial charge in [-0.15, -0.1) is 0 Å². The standard InChI is InChI=1S/C13H13N3S/c14-12(8-13(15)17)16-11-7-3-5-9-4-1-2-6-10(9)11/h1-8,16H,14H2,(H2,15,17)/b12-8-. The van der Waals surface area contributed by atoms with E-state index >= 15 is 0 Å². The smallest absolute Gasteiger partial charge is 0.103 e. The highest BCUT2D eigenvalue weighted by Gasteiger charge is 2.00. The molecule has 3 nitrogen and oxygen atoms in total. The van der Waals surface area contributed by atoms with Crippen molar-refractivity contribution >= 4 is 33.7 Å². The number of nitrogens with two attached hydrogens (primary N) is 2. The molecule has 0 heterocycles. The van der Waals surface area contributed by atoms with Gasteiger partial charge < -0.3 is 16.8 Å². The summed E-state index contributed by atoms with van der Waals surface area (Å²) in [6.45, 7) is 0. The molecule has 0 unspecified atom stereocenters. The minimum atomic E-state index is 0.259. The van der Waals surface area contributed by atoms with Crippen molar-refractivity contribution in [3.05, 3.63) is 54.4 Å². The Bertz CT molecular complexity index is 585. The number of hydrogen-bond donors (Lipinski definition) is 3. The van der Waals surface area contributed by atoms with E-state index in [-0.39, 0.29) is 4.99 Å².